The number of hydrogen-bond acceptors (Lipinski definition) is 4. The molecule has 0 aromatic heterocycles. The van der Waals surface area contributed by atoms with E-state index in [0.717, 1.165) is 30.8 Å². The van der Waals surface area contributed by atoms with Crippen molar-refractivity contribution in [2.24, 2.45) is 0 Å². The van der Waals surface area contributed by atoms with Crippen molar-refractivity contribution in [1.82, 2.24) is 20.4 Å². The molecule has 0 bridgehead atoms. The number of carbonyl (C=O) groups excluding carboxylic acids is 1. The molecule has 3 N–H and O–H groups in total. The summed E-state index contributed by atoms with van der Waals surface area (Å²) < 4.78 is 0. The largest absolute Gasteiger partial charge is 0.387 e. The minimum Gasteiger partial charge on any atom is -0.387 e. The molecule has 1 saturated heterocycles. The maximum Gasteiger partial charge on any atom is 0.314 e. The second-order valence-electron chi connectivity index (χ2n) is 7.10. The van der Waals surface area contributed by atoms with Crippen molar-refractivity contribution in [2.45, 2.75) is 31.9 Å². The lowest BCUT2D eigenvalue weighted by Crippen LogP contribution is -2.46. The van der Waals surface area contributed by atoms with Crippen LogP contribution in [-0.4, -0.2) is 73.8 Å². The van der Waals surface area contributed by atoms with E-state index in [0.29, 0.717) is 12.6 Å². The van der Waals surface area contributed by atoms with Gasteiger partial charge in [0.15, 0.2) is 0 Å². The molecule has 1 heterocycles. The molecule has 0 spiro atoms. The highest BCUT2D eigenvalue weighted by Crippen LogP contribution is 2.14. The van der Waals surface area contributed by atoms with E-state index in [9.17, 15) is 9.90 Å². The van der Waals surface area contributed by atoms with Gasteiger partial charge in [0.1, 0.15) is 0 Å². The van der Waals surface area contributed by atoms with Crippen molar-refractivity contribution >= 4 is 6.03 Å². The highest BCUT2D eigenvalue weighted by Gasteiger charge is 2.20. The van der Waals surface area contributed by atoms with Gasteiger partial charge in [0.05, 0.1) is 6.10 Å². The number of piperidine rings is 1. The highest BCUT2D eigenvalue weighted by molar-refractivity contribution is 5.73. The minimum atomic E-state index is -0.684. The number of nitrogens with zero attached hydrogens (tertiary/aromatic N) is 2. The van der Waals surface area contributed by atoms with Crippen LogP contribution >= 0.6 is 0 Å². The summed E-state index contributed by atoms with van der Waals surface area (Å²) in [6.07, 6.45) is 1.68. The highest BCUT2D eigenvalue weighted by atomic mass is 16.3. The predicted octanol–water partition coefficient (Wildman–Crippen LogP) is 1.35. The molecule has 0 radical (unpaired) electrons. The summed E-state index contributed by atoms with van der Waals surface area (Å²) in [5.74, 6) is 0. The molecule has 25 heavy (non-hydrogen) atoms. The fraction of sp³-hybridized carbons (Fsp3) is 0.632. The lowest BCUT2D eigenvalue weighted by molar-refractivity contribution is 0.145. The van der Waals surface area contributed by atoms with Crippen molar-refractivity contribution in [3.05, 3.63) is 35.4 Å². The van der Waals surface area contributed by atoms with E-state index in [1.807, 2.05) is 31.2 Å². The summed E-state index contributed by atoms with van der Waals surface area (Å²) in [7, 11) is 4.27. The van der Waals surface area contributed by atoms with Crippen LogP contribution in [0.25, 0.3) is 0 Å². The van der Waals surface area contributed by atoms with Gasteiger partial charge in [-0.2, -0.15) is 0 Å². The van der Waals surface area contributed by atoms with Gasteiger partial charge in [-0.1, -0.05) is 29.8 Å². The quantitative estimate of drug-likeness (QED) is 0.696. The second-order valence-corrected chi connectivity index (χ2v) is 7.10. The van der Waals surface area contributed by atoms with Gasteiger partial charge in [0, 0.05) is 25.7 Å². The van der Waals surface area contributed by atoms with E-state index >= 15 is 0 Å². The zero-order valence-corrected chi connectivity index (χ0v) is 15.7. The molecule has 6 heteroatoms. The van der Waals surface area contributed by atoms with Gasteiger partial charge in [0.25, 0.3) is 0 Å². The zero-order chi connectivity index (χ0) is 18.2. The summed E-state index contributed by atoms with van der Waals surface area (Å²) in [5, 5.41) is 15.7. The molecule has 2 amide bonds. The standard InChI is InChI=1S/C19H32N4O2/c1-15-4-6-16(7-5-15)18(24)14-21-19(25)20-10-13-23-11-8-17(9-12-23)22(2)3/h4-7,17-18,24H,8-14H2,1-3H3,(H2,20,21,25). The Morgan fingerprint density at radius 1 is 1.24 bits per heavy atom. The third kappa shape index (κ3) is 6.65. The molecular formula is C19H32N4O2. The van der Waals surface area contributed by atoms with Crippen LogP contribution in [-0.2, 0) is 0 Å². The zero-order valence-electron chi connectivity index (χ0n) is 15.7. The number of amides is 2. The van der Waals surface area contributed by atoms with Crippen LogP contribution in [0.5, 0.6) is 0 Å². The number of benzene rings is 1. The number of hydrogen-bond donors (Lipinski definition) is 3. The minimum absolute atomic E-state index is 0.211. The maximum atomic E-state index is 11.9. The van der Waals surface area contributed by atoms with E-state index < -0.39 is 6.10 Å². The van der Waals surface area contributed by atoms with Crippen molar-refractivity contribution in [1.29, 1.82) is 0 Å². The van der Waals surface area contributed by atoms with Gasteiger partial charge in [-0.15, -0.1) is 0 Å². The summed E-state index contributed by atoms with van der Waals surface area (Å²) >= 11 is 0. The van der Waals surface area contributed by atoms with Crippen LogP contribution in [0.4, 0.5) is 4.79 Å². The number of urea groups is 1. The third-order valence-corrected chi connectivity index (χ3v) is 4.92. The number of aliphatic hydroxyl groups excluding tert-OH is 1. The number of aryl methyl sites for hydroxylation is 1. The molecule has 0 saturated carbocycles. The fourth-order valence-corrected chi connectivity index (χ4v) is 3.15. The lowest BCUT2D eigenvalue weighted by atomic mass is 10.0. The van der Waals surface area contributed by atoms with Crippen LogP contribution in [0.15, 0.2) is 24.3 Å². The monoisotopic (exact) mass is 348 g/mol. The van der Waals surface area contributed by atoms with E-state index in [1.54, 1.807) is 0 Å². The molecule has 6 nitrogen and oxygen atoms in total. The predicted molar refractivity (Wildman–Crippen MR) is 101 cm³/mol. The first-order valence-electron chi connectivity index (χ1n) is 9.11. The SMILES string of the molecule is Cc1ccc(C(O)CNC(=O)NCCN2CCC(N(C)C)CC2)cc1. The Kier molecular flexibility index (Phi) is 7.68. The molecule has 2 rings (SSSR count). The van der Waals surface area contributed by atoms with Crippen molar-refractivity contribution < 1.29 is 9.90 Å². The summed E-state index contributed by atoms with van der Waals surface area (Å²) in [5.41, 5.74) is 1.96. The lowest BCUT2D eigenvalue weighted by Gasteiger charge is -2.35. The number of nitrogens with one attached hydrogen (secondary N) is 2. The first kappa shape index (κ1) is 19.7. The average Bonchev–Trinajstić information content (AvgIpc) is 2.60. The molecule has 0 aliphatic carbocycles. The Morgan fingerprint density at radius 3 is 2.48 bits per heavy atom. The Bertz CT molecular complexity index is 525. The van der Waals surface area contributed by atoms with E-state index in [4.69, 9.17) is 0 Å². The van der Waals surface area contributed by atoms with Crippen LogP contribution in [0.1, 0.15) is 30.1 Å². The van der Waals surface area contributed by atoms with Crippen molar-refractivity contribution in [3.8, 4) is 0 Å². The van der Waals surface area contributed by atoms with Crippen LogP contribution < -0.4 is 10.6 Å². The van der Waals surface area contributed by atoms with Gasteiger partial charge in [-0.3, -0.25) is 0 Å². The van der Waals surface area contributed by atoms with Gasteiger partial charge < -0.3 is 25.5 Å². The Hall–Kier alpha value is -1.63. The van der Waals surface area contributed by atoms with Gasteiger partial charge >= 0.3 is 6.03 Å². The van der Waals surface area contributed by atoms with Gasteiger partial charge in [-0.25, -0.2) is 4.79 Å². The van der Waals surface area contributed by atoms with Crippen molar-refractivity contribution in [2.75, 3.05) is 46.8 Å². The average molecular weight is 348 g/mol. The Balaban J connectivity index is 1.59. The van der Waals surface area contributed by atoms with Crippen LogP contribution in [0, 0.1) is 6.92 Å². The van der Waals surface area contributed by atoms with Crippen molar-refractivity contribution in [3.63, 3.8) is 0 Å². The molecule has 1 atom stereocenters. The summed E-state index contributed by atoms with van der Waals surface area (Å²) in [6.45, 7) is 5.87. The number of rotatable bonds is 7. The smallest absolute Gasteiger partial charge is 0.314 e. The molecule has 140 valence electrons. The fourth-order valence-electron chi connectivity index (χ4n) is 3.15. The van der Waals surface area contributed by atoms with Crippen LogP contribution in [0.3, 0.4) is 0 Å². The van der Waals surface area contributed by atoms with E-state index in [-0.39, 0.29) is 12.6 Å². The van der Waals surface area contributed by atoms with Gasteiger partial charge in [-0.05, 0) is 52.5 Å². The molecule has 1 unspecified atom stereocenters. The molecule has 1 aromatic rings. The first-order chi connectivity index (χ1) is 12.0. The van der Waals surface area contributed by atoms with Crippen LogP contribution in [0.2, 0.25) is 0 Å². The van der Waals surface area contributed by atoms with Gasteiger partial charge in [0.2, 0.25) is 0 Å². The third-order valence-electron chi connectivity index (χ3n) is 4.92. The number of aliphatic hydroxyl groups is 1. The molecule has 1 aliphatic heterocycles. The van der Waals surface area contributed by atoms with E-state index in [2.05, 4.69) is 34.5 Å². The first-order valence-corrected chi connectivity index (χ1v) is 9.11. The second kappa shape index (κ2) is 9.75. The Labute approximate surface area is 151 Å². The molecule has 1 aliphatic rings. The topological polar surface area (TPSA) is 67.8 Å². The summed E-state index contributed by atoms with van der Waals surface area (Å²) in [6, 6.07) is 8.13. The number of likely N-dealkylation sites (tertiary alicyclic amines) is 1. The molecule has 1 fully saturated rings. The number of carbonyl (C=O) groups is 1. The maximum absolute atomic E-state index is 11.9. The molecule has 1 aromatic carbocycles. The summed E-state index contributed by atoms with van der Waals surface area (Å²) in [4.78, 5) is 16.5. The Morgan fingerprint density at radius 2 is 1.88 bits per heavy atom. The van der Waals surface area contributed by atoms with E-state index in [1.165, 1.54) is 12.8 Å². The normalized spacial score (nSPS) is 17.5. The molecular weight excluding hydrogens is 316 g/mol.